The van der Waals surface area contributed by atoms with Gasteiger partial charge < -0.3 is 15.1 Å². The van der Waals surface area contributed by atoms with E-state index in [9.17, 15) is 14.9 Å². The highest BCUT2D eigenvalue weighted by Crippen LogP contribution is 2.25. The smallest absolute Gasteiger partial charge is 0.282 e. The Morgan fingerprint density at radius 2 is 1.79 bits per heavy atom. The van der Waals surface area contributed by atoms with E-state index in [-0.39, 0.29) is 16.4 Å². The summed E-state index contributed by atoms with van der Waals surface area (Å²) in [4.78, 5) is 26.7. The quantitative estimate of drug-likeness (QED) is 0.404. The van der Waals surface area contributed by atoms with E-state index in [1.807, 2.05) is 24.3 Å². The molecular formula is C19H22N5O3S+. The molecule has 0 radical (unpaired) electrons. The fraction of sp³-hybridized carbons (Fsp3) is 0.263. The van der Waals surface area contributed by atoms with Gasteiger partial charge in [0.25, 0.3) is 11.6 Å². The molecular weight excluding hydrogens is 378 g/mol. The second-order valence-corrected chi connectivity index (χ2v) is 7.05. The molecule has 1 saturated heterocycles. The van der Waals surface area contributed by atoms with Crippen molar-refractivity contribution in [3.05, 3.63) is 64.2 Å². The van der Waals surface area contributed by atoms with Crippen molar-refractivity contribution in [1.82, 2.24) is 5.32 Å². The number of nitro groups is 1. The van der Waals surface area contributed by atoms with E-state index in [1.165, 1.54) is 23.1 Å². The number of hydrogen-bond acceptors (Lipinski definition) is 5. The highest BCUT2D eigenvalue weighted by atomic mass is 32.1. The summed E-state index contributed by atoms with van der Waals surface area (Å²) >= 11 is 5.27. The molecule has 9 heteroatoms. The van der Waals surface area contributed by atoms with Crippen LogP contribution in [0.25, 0.3) is 0 Å². The van der Waals surface area contributed by atoms with E-state index in [2.05, 4.69) is 22.6 Å². The van der Waals surface area contributed by atoms with Gasteiger partial charge in [-0.2, -0.15) is 0 Å². The van der Waals surface area contributed by atoms with Gasteiger partial charge in [0.05, 0.1) is 49.5 Å². The van der Waals surface area contributed by atoms with Crippen molar-refractivity contribution < 1.29 is 14.6 Å². The number of quaternary nitrogens is 1. The van der Waals surface area contributed by atoms with Crippen LogP contribution in [0.1, 0.15) is 10.4 Å². The molecule has 1 aliphatic heterocycles. The van der Waals surface area contributed by atoms with Gasteiger partial charge in [-0.15, -0.1) is 0 Å². The molecule has 146 valence electrons. The average molecular weight is 400 g/mol. The predicted octanol–water partition coefficient (Wildman–Crippen LogP) is 1.06. The molecule has 3 rings (SSSR count). The number of nitrogens with one attached hydrogen (secondary N) is 3. The Bertz CT molecular complexity index is 897. The summed E-state index contributed by atoms with van der Waals surface area (Å²) in [6, 6.07) is 13.5. The van der Waals surface area contributed by atoms with E-state index in [4.69, 9.17) is 12.2 Å². The number of anilines is 2. The van der Waals surface area contributed by atoms with Crippen molar-refractivity contribution in [2.75, 3.05) is 43.4 Å². The highest BCUT2D eigenvalue weighted by molar-refractivity contribution is 7.80. The number of piperazine rings is 1. The van der Waals surface area contributed by atoms with Crippen LogP contribution in [0.3, 0.4) is 0 Å². The van der Waals surface area contributed by atoms with Gasteiger partial charge in [-0.3, -0.25) is 20.2 Å². The van der Waals surface area contributed by atoms with Crippen LogP contribution >= 0.6 is 12.2 Å². The van der Waals surface area contributed by atoms with E-state index in [0.29, 0.717) is 0 Å². The van der Waals surface area contributed by atoms with Gasteiger partial charge in [0.15, 0.2) is 5.11 Å². The molecule has 8 nitrogen and oxygen atoms in total. The molecule has 1 aliphatic rings. The van der Waals surface area contributed by atoms with E-state index >= 15 is 0 Å². The Morgan fingerprint density at radius 1 is 1.14 bits per heavy atom. The summed E-state index contributed by atoms with van der Waals surface area (Å²) in [7, 11) is 2.18. The number of para-hydroxylation sites is 3. The number of carbonyl (C=O) groups is 1. The first-order valence-corrected chi connectivity index (χ1v) is 9.37. The fourth-order valence-corrected chi connectivity index (χ4v) is 3.34. The second kappa shape index (κ2) is 8.77. The monoisotopic (exact) mass is 400 g/mol. The molecule has 0 aliphatic carbocycles. The number of nitrogens with zero attached hydrogens (tertiary/aromatic N) is 2. The number of nitro benzene ring substituents is 1. The Labute approximate surface area is 168 Å². The molecule has 0 saturated carbocycles. The van der Waals surface area contributed by atoms with Gasteiger partial charge in [0.1, 0.15) is 5.56 Å². The second-order valence-electron chi connectivity index (χ2n) is 6.64. The van der Waals surface area contributed by atoms with Gasteiger partial charge in [-0.1, -0.05) is 24.3 Å². The molecule has 0 spiro atoms. The molecule has 2 aromatic rings. The number of amides is 1. The topological polar surface area (TPSA) is 92.0 Å². The van der Waals surface area contributed by atoms with Crippen molar-refractivity contribution >= 4 is 40.3 Å². The van der Waals surface area contributed by atoms with Crippen LogP contribution in [-0.4, -0.2) is 49.2 Å². The SMILES string of the molecule is C[NH+]1CCN(c2ccccc2NC(=S)NC(=O)c2ccccc2[N+](=O)[O-])CC1. The summed E-state index contributed by atoms with van der Waals surface area (Å²) < 4.78 is 0. The summed E-state index contributed by atoms with van der Waals surface area (Å²) in [5, 5.41) is 16.8. The lowest BCUT2D eigenvalue weighted by molar-refractivity contribution is -0.880. The maximum atomic E-state index is 12.4. The maximum Gasteiger partial charge on any atom is 0.282 e. The molecule has 28 heavy (non-hydrogen) atoms. The highest BCUT2D eigenvalue weighted by Gasteiger charge is 2.22. The van der Waals surface area contributed by atoms with Crippen LogP contribution in [0.4, 0.5) is 17.1 Å². The van der Waals surface area contributed by atoms with Crippen molar-refractivity contribution in [1.29, 1.82) is 0 Å². The zero-order valence-electron chi connectivity index (χ0n) is 15.5. The van der Waals surface area contributed by atoms with Gasteiger partial charge >= 0.3 is 0 Å². The summed E-state index contributed by atoms with van der Waals surface area (Å²) in [6.07, 6.45) is 0. The fourth-order valence-electron chi connectivity index (χ4n) is 3.13. The van der Waals surface area contributed by atoms with Gasteiger partial charge in [-0.05, 0) is 30.4 Å². The number of hydrogen-bond donors (Lipinski definition) is 3. The van der Waals surface area contributed by atoms with Crippen LogP contribution in [-0.2, 0) is 0 Å². The summed E-state index contributed by atoms with van der Waals surface area (Å²) in [5.41, 5.74) is 1.50. The maximum absolute atomic E-state index is 12.4. The van der Waals surface area contributed by atoms with Gasteiger partial charge in [0, 0.05) is 6.07 Å². The third kappa shape index (κ3) is 4.62. The zero-order valence-corrected chi connectivity index (χ0v) is 16.3. The standard InChI is InChI=1S/C19H21N5O3S/c1-22-10-12-23(13-11-22)17-9-5-3-7-15(17)20-19(28)21-18(25)14-6-2-4-8-16(14)24(26)27/h2-9H,10-13H2,1H3,(H2,20,21,25,28)/p+1. The Balaban J connectivity index is 1.71. The van der Waals surface area contributed by atoms with Crippen LogP contribution in [0.5, 0.6) is 0 Å². The molecule has 1 fully saturated rings. The molecule has 0 unspecified atom stereocenters. The number of thiocarbonyl (C=S) groups is 1. The van der Waals surface area contributed by atoms with E-state index < -0.39 is 10.8 Å². The largest absolute Gasteiger partial charge is 0.359 e. The molecule has 3 N–H and O–H groups in total. The number of rotatable bonds is 4. The molecule has 0 aromatic heterocycles. The van der Waals surface area contributed by atoms with Gasteiger partial charge in [-0.25, -0.2) is 0 Å². The number of likely N-dealkylation sites (N-methyl/N-ethyl adjacent to an activating group) is 1. The lowest BCUT2D eigenvalue weighted by atomic mass is 10.1. The molecule has 2 aromatic carbocycles. The Kier molecular flexibility index (Phi) is 6.17. The lowest BCUT2D eigenvalue weighted by Gasteiger charge is -2.33. The zero-order chi connectivity index (χ0) is 20.1. The summed E-state index contributed by atoms with van der Waals surface area (Å²) in [6.45, 7) is 3.96. The molecule has 0 atom stereocenters. The van der Waals surface area contributed by atoms with Crippen LogP contribution in [0, 0.1) is 10.1 Å². The van der Waals surface area contributed by atoms with Crippen molar-refractivity contribution in [2.45, 2.75) is 0 Å². The number of benzene rings is 2. The van der Waals surface area contributed by atoms with E-state index in [0.717, 1.165) is 37.6 Å². The van der Waals surface area contributed by atoms with Crippen LogP contribution in [0.15, 0.2) is 48.5 Å². The predicted molar refractivity (Wildman–Crippen MR) is 112 cm³/mol. The minimum atomic E-state index is -0.620. The first kappa shape index (κ1) is 19.7. The van der Waals surface area contributed by atoms with Crippen LogP contribution < -0.4 is 20.4 Å². The summed E-state index contributed by atoms with van der Waals surface area (Å²) in [5.74, 6) is -0.620. The lowest BCUT2D eigenvalue weighted by Crippen LogP contribution is -3.12. The minimum Gasteiger partial charge on any atom is -0.359 e. The number of carbonyl (C=O) groups excluding carboxylic acids is 1. The Morgan fingerprint density at radius 3 is 2.50 bits per heavy atom. The first-order chi connectivity index (χ1) is 13.5. The minimum absolute atomic E-state index is 0.0352. The third-order valence-electron chi connectivity index (χ3n) is 4.68. The van der Waals surface area contributed by atoms with Crippen molar-refractivity contribution in [2.24, 2.45) is 0 Å². The molecule has 1 heterocycles. The Hall–Kier alpha value is -3.04. The van der Waals surface area contributed by atoms with E-state index in [1.54, 1.807) is 6.07 Å². The first-order valence-electron chi connectivity index (χ1n) is 8.96. The van der Waals surface area contributed by atoms with Crippen molar-refractivity contribution in [3.63, 3.8) is 0 Å². The van der Waals surface area contributed by atoms with Crippen LogP contribution in [0.2, 0.25) is 0 Å². The van der Waals surface area contributed by atoms with Crippen molar-refractivity contribution in [3.8, 4) is 0 Å². The molecule has 1 amide bonds. The third-order valence-corrected chi connectivity index (χ3v) is 4.89. The van der Waals surface area contributed by atoms with Gasteiger partial charge in [0.2, 0.25) is 0 Å². The normalized spacial score (nSPS) is 14.4. The average Bonchev–Trinajstić information content (AvgIpc) is 2.69. The molecule has 0 bridgehead atoms.